The van der Waals surface area contributed by atoms with Crippen LogP contribution in [0, 0.1) is 11.8 Å². The Morgan fingerprint density at radius 2 is 1.00 bits per heavy atom. The van der Waals surface area contributed by atoms with Gasteiger partial charge in [-0.3, -0.25) is 9.59 Å². The maximum atomic E-state index is 10.5. The van der Waals surface area contributed by atoms with E-state index < -0.39 is 11.9 Å². The van der Waals surface area contributed by atoms with Crippen LogP contribution in [0.4, 0.5) is 0 Å². The summed E-state index contributed by atoms with van der Waals surface area (Å²) in [4.78, 5) is 21.5. The molecule has 0 aliphatic heterocycles. The van der Waals surface area contributed by atoms with Gasteiger partial charge in [0.05, 0.1) is 11.8 Å². The minimum Gasteiger partial charge on any atom is -0.481 e. The van der Waals surface area contributed by atoms with Crippen molar-refractivity contribution in [1.29, 1.82) is 0 Å². The first kappa shape index (κ1) is 21.5. The molecule has 4 unspecified atom stereocenters. The predicted molar refractivity (Wildman–Crippen MR) is 84.6 cm³/mol. The van der Waals surface area contributed by atoms with E-state index in [9.17, 15) is 9.59 Å². The number of hydrogen-bond acceptors (Lipinski definition) is 2. The summed E-state index contributed by atoms with van der Waals surface area (Å²) in [5.74, 6) is -1.59. The molecule has 0 spiro atoms. The molecule has 0 heterocycles. The largest absolute Gasteiger partial charge is 0.481 e. The van der Waals surface area contributed by atoms with Crippen molar-refractivity contribution in [2.75, 3.05) is 0 Å². The summed E-state index contributed by atoms with van der Waals surface area (Å²) in [5.41, 5.74) is 0. The topological polar surface area (TPSA) is 74.6 Å². The first-order valence-corrected chi connectivity index (χ1v) is 9.00. The summed E-state index contributed by atoms with van der Waals surface area (Å²) >= 11 is 6.75. The molecule has 118 valence electrons. The maximum absolute atomic E-state index is 10.5. The Bertz CT molecular complexity index is 309. The summed E-state index contributed by atoms with van der Waals surface area (Å²) in [6.45, 7) is 0. The van der Waals surface area contributed by atoms with Crippen molar-refractivity contribution in [1.82, 2.24) is 0 Å². The molecule has 0 saturated heterocycles. The fraction of sp³-hybridized carbons (Fsp3) is 0.857. The first-order chi connectivity index (χ1) is 9.43. The van der Waals surface area contributed by atoms with E-state index in [4.69, 9.17) is 10.2 Å². The van der Waals surface area contributed by atoms with E-state index in [2.05, 4.69) is 31.9 Å². The molecule has 0 aromatic carbocycles. The van der Waals surface area contributed by atoms with Crippen LogP contribution >= 0.6 is 31.9 Å². The van der Waals surface area contributed by atoms with Gasteiger partial charge in [0.25, 0.3) is 0 Å². The number of alkyl halides is 2. The fourth-order valence-electron chi connectivity index (χ4n) is 2.73. The summed E-state index contributed by atoms with van der Waals surface area (Å²) in [5, 5.41) is 17.4. The molecule has 2 fully saturated rings. The van der Waals surface area contributed by atoms with Crippen molar-refractivity contribution in [3.05, 3.63) is 0 Å². The molecule has 2 aliphatic rings. The number of carboxylic acids is 2. The molecule has 0 bridgehead atoms. The second-order valence-corrected chi connectivity index (χ2v) is 7.84. The smallest absolute Gasteiger partial charge is 0.307 e. The molecule has 0 aromatic rings. The van der Waals surface area contributed by atoms with Gasteiger partial charge < -0.3 is 10.2 Å². The minimum atomic E-state index is -0.651. The second kappa shape index (κ2) is 11.1. The van der Waals surface area contributed by atoms with E-state index in [0.717, 1.165) is 38.5 Å². The average Bonchev–Trinajstić information content (AvgIpc) is 2.40. The normalized spacial score (nSPS) is 32.1. The first-order valence-electron chi connectivity index (χ1n) is 7.17. The predicted octanol–water partition coefficient (Wildman–Crippen LogP) is 4.05. The number of carboxylic acid groups (broad SMARTS) is 2. The molecule has 21 heavy (non-hydrogen) atoms. The van der Waals surface area contributed by atoms with Gasteiger partial charge in [-0.1, -0.05) is 57.5 Å². The van der Waals surface area contributed by atoms with Crippen molar-refractivity contribution in [2.24, 2.45) is 11.8 Å². The van der Waals surface area contributed by atoms with Gasteiger partial charge in [0, 0.05) is 29.1 Å². The van der Waals surface area contributed by atoms with E-state index in [1.54, 1.807) is 0 Å². The molecule has 4 atom stereocenters. The molecule has 0 aromatic heterocycles. The number of rotatable bonds is 2. The van der Waals surface area contributed by atoms with E-state index >= 15 is 0 Å². The Hall–Kier alpha value is 0.523. The van der Waals surface area contributed by atoms with Gasteiger partial charge in [-0.15, -0.1) is 0 Å². The third-order valence-electron chi connectivity index (χ3n) is 4.00. The maximum Gasteiger partial charge on any atom is 0.307 e. The van der Waals surface area contributed by atoms with Crippen LogP contribution in [0.25, 0.3) is 0 Å². The van der Waals surface area contributed by atoms with Crippen LogP contribution in [-0.2, 0) is 29.1 Å². The third kappa shape index (κ3) is 7.56. The van der Waals surface area contributed by atoms with E-state index in [1.165, 1.54) is 12.8 Å². The zero-order valence-electron chi connectivity index (χ0n) is 12.1. The van der Waals surface area contributed by atoms with Gasteiger partial charge in [-0.25, -0.2) is 0 Å². The quantitative estimate of drug-likeness (QED) is 0.463. The molecular formula is C14H22Br2O4Zn. The van der Waals surface area contributed by atoms with Crippen LogP contribution in [0.2, 0.25) is 0 Å². The average molecular weight is 480 g/mol. The second-order valence-electron chi connectivity index (χ2n) is 5.49. The standard InChI is InChI=1S/2C7H11BrO2.Zn/c2*8-6-4-2-1-3-5(6)7(9)10;/h2*5-6H,1-4H2,(H,9,10);. The molecule has 0 amide bonds. The Morgan fingerprint density at radius 3 is 1.19 bits per heavy atom. The molecule has 4 nitrogen and oxygen atoms in total. The molecule has 2 aliphatic carbocycles. The molecule has 2 saturated carbocycles. The fourth-order valence-corrected chi connectivity index (χ4v) is 4.36. The van der Waals surface area contributed by atoms with E-state index in [1.807, 2.05) is 0 Å². The van der Waals surface area contributed by atoms with Crippen LogP contribution in [-0.4, -0.2) is 31.8 Å². The minimum absolute atomic E-state index is 0. The van der Waals surface area contributed by atoms with E-state index in [0.29, 0.717) is 0 Å². The van der Waals surface area contributed by atoms with Crippen LogP contribution < -0.4 is 0 Å². The SMILES string of the molecule is O=C(O)C1CCCCC1Br.O=C(O)C1CCCCC1Br.[Zn]. The van der Waals surface area contributed by atoms with Crippen LogP contribution in [0.3, 0.4) is 0 Å². The van der Waals surface area contributed by atoms with Crippen LogP contribution in [0.5, 0.6) is 0 Å². The number of carbonyl (C=O) groups is 2. The van der Waals surface area contributed by atoms with Gasteiger partial charge in [0.15, 0.2) is 0 Å². The number of hydrogen-bond donors (Lipinski definition) is 2. The van der Waals surface area contributed by atoms with E-state index in [-0.39, 0.29) is 41.0 Å². The summed E-state index contributed by atoms with van der Waals surface area (Å²) in [7, 11) is 0. The van der Waals surface area contributed by atoms with Gasteiger partial charge in [0.2, 0.25) is 0 Å². The summed E-state index contributed by atoms with van der Waals surface area (Å²) in [6.07, 6.45) is 8.17. The molecular weight excluding hydrogens is 457 g/mol. The van der Waals surface area contributed by atoms with Crippen LogP contribution in [0.15, 0.2) is 0 Å². The summed E-state index contributed by atoms with van der Waals surface area (Å²) in [6, 6.07) is 0. The van der Waals surface area contributed by atoms with Crippen molar-refractivity contribution in [3.8, 4) is 0 Å². The van der Waals surface area contributed by atoms with Crippen LogP contribution in [0.1, 0.15) is 51.4 Å². The van der Waals surface area contributed by atoms with Crippen molar-refractivity contribution >= 4 is 43.8 Å². The van der Waals surface area contributed by atoms with Gasteiger partial charge in [-0.2, -0.15) is 0 Å². The third-order valence-corrected chi connectivity index (χ3v) is 6.19. The number of aliphatic carboxylic acids is 2. The Balaban J connectivity index is 0.000000364. The zero-order valence-corrected chi connectivity index (χ0v) is 18.3. The number of halogens is 2. The van der Waals surface area contributed by atoms with Gasteiger partial charge in [-0.05, 0) is 25.7 Å². The Labute approximate surface area is 155 Å². The Morgan fingerprint density at radius 1 is 0.714 bits per heavy atom. The molecule has 7 heteroatoms. The van der Waals surface area contributed by atoms with Crippen molar-refractivity contribution in [2.45, 2.75) is 61.0 Å². The van der Waals surface area contributed by atoms with Crippen molar-refractivity contribution < 1.29 is 39.3 Å². The monoisotopic (exact) mass is 476 g/mol. The molecule has 2 N–H and O–H groups in total. The molecule has 2 rings (SSSR count). The summed E-state index contributed by atoms with van der Waals surface area (Å²) < 4.78 is 0. The van der Waals surface area contributed by atoms with Gasteiger partial charge in [0.1, 0.15) is 0 Å². The van der Waals surface area contributed by atoms with Gasteiger partial charge >= 0.3 is 11.9 Å². The van der Waals surface area contributed by atoms with Crippen molar-refractivity contribution in [3.63, 3.8) is 0 Å². The molecule has 0 radical (unpaired) electrons. The Kier molecular flexibility index (Phi) is 11.4. The zero-order chi connectivity index (χ0) is 15.1.